The summed E-state index contributed by atoms with van der Waals surface area (Å²) in [4.78, 5) is 0. The van der Waals surface area contributed by atoms with Crippen LogP contribution in [-0.4, -0.2) is 34.3 Å². The lowest BCUT2D eigenvalue weighted by Gasteiger charge is -2.10. The van der Waals surface area contributed by atoms with Gasteiger partial charge >= 0.3 is 0 Å². The largest absolute Gasteiger partial charge is 0.493 e. The minimum absolute atomic E-state index is 0.149. The maximum Gasteiger partial charge on any atom is 0.161 e. The average molecular weight is 263 g/mol. The van der Waals surface area contributed by atoms with Crippen molar-refractivity contribution in [3.63, 3.8) is 0 Å². The topological polar surface area (TPSA) is 69.4 Å². The molecule has 0 aliphatic carbocycles. The van der Waals surface area contributed by atoms with Crippen LogP contribution in [0.15, 0.2) is 18.2 Å². The first-order chi connectivity index (χ1) is 9.24. The van der Waals surface area contributed by atoms with Crippen LogP contribution in [-0.2, 0) is 13.2 Å². The van der Waals surface area contributed by atoms with Crippen molar-refractivity contribution in [1.82, 2.24) is 15.0 Å². The van der Waals surface area contributed by atoms with Crippen LogP contribution >= 0.6 is 0 Å². The first kappa shape index (κ1) is 13.4. The Kier molecular flexibility index (Phi) is 4.01. The standard InChI is InChI=1S/C13H17N3O3/c1-4-16-13(10(8-17)14-15-16)9-5-6-11(18-2)12(7-9)19-3/h5-7,17H,4,8H2,1-3H3. The minimum Gasteiger partial charge on any atom is -0.493 e. The molecule has 0 amide bonds. The summed E-state index contributed by atoms with van der Waals surface area (Å²) in [5, 5.41) is 17.3. The Morgan fingerprint density at radius 2 is 1.95 bits per heavy atom. The number of methoxy groups -OCH3 is 2. The Labute approximate surface area is 111 Å². The van der Waals surface area contributed by atoms with Crippen LogP contribution < -0.4 is 9.47 Å². The van der Waals surface area contributed by atoms with Crippen LogP contribution in [0.2, 0.25) is 0 Å². The third kappa shape index (κ3) is 2.39. The maximum absolute atomic E-state index is 9.34. The first-order valence-corrected chi connectivity index (χ1v) is 6.00. The molecule has 0 aliphatic heterocycles. The van der Waals surface area contributed by atoms with Crippen molar-refractivity contribution in [3.8, 4) is 22.8 Å². The van der Waals surface area contributed by atoms with Crippen molar-refractivity contribution in [2.24, 2.45) is 0 Å². The highest BCUT2D eigenvalue weighted by atomic mass is 16.5. The molecule has 1 heterocycles. The lowest BCUT2D eigenvalue weighted by Crippen LogP contribution is -2.01. The fourth-order valence-corrected chi connectivity index (χ4v) is 1.98. The molecule has 0 saturated heterocycles. The van der Waals surface area contributed by atoms with Crippen LogP contribution in [0, 0.1) is 0 Å². The number of aliphatic hydroxyl groups is 1. The molecular formula is C13H17N3O3. The zero-order valence-electron chi connectivity index (χ0n) is 11.3. The van der Waals surface area contributed by atoms with Crippen molar-refractivity contribution in [2.45, 2.75) is 20.1 Å². The third-order valence-corrected chi connectivity index (χ3v) is 2.91. The van der Waals surface area contributed by atoms with E-state index >= 15 is 0 Å². The smallest absolute Gasteiger partial charge is 0.161 e. The molecule has 0 saturated carbocycles. The van der Waals surface area contributed by atoms with E-state index in [9.17, 15) is 5.11 Å². The Balaban J connectivity index is 2.55. The van der Waals surface area contributed by atoms with E-state index in [1.165, 1.54) is 0 Å². The van der Waals surface area contributed by atoms with Crippen LogP contribution in [0.3, 0.4) is 0 Å². The molecule has 1 aromatic carbocycles. The van der Waals surface area contributed by atoms with Gasteiger partial charge in [0.05, 0.1) is 26.5 Å². The molecule has 1 aromatic heterocycles. The van der Waals surface area contributed by atoms with E-state index < -0.39 is 0 Å². The van der Waals surface area contributed by atoms with Crippen LogP contribution in [0.1, 0.15) is 12.6 Å². The van der Waals surface area contributed by atoms with Gasteiger partial charge in [0.15, 0.2) is 11.5 Å². The van der Waals surface area contributed by atoms with Gasteiger partial charge in [-0.15, -0.1) is 5.10 Å². The van der Waals surface area contributed by atoms with Gasteiger partial charge in [-0.2, -0.15) is 0 Å². The molecule has 2 aromatic rings. The highest BCUT2D eigenvalue weighted by Crippen LogP contribution is 2.33. The maximum atomic E-state index is 9.34. The summed E-state index contributed by atoms with van der Waals surface area (Å²) < 4.78 is 12.2. The normalized spacial score (nSPS) is 10.5. The fraction of sp³-hybridized carbons (Fsp3) is 0.385. The van der Waals surface area contributed by atoms with Gasteiger partial charge in [-0.3, -0.25) is 0 Å². The molecule has 0 atom stereocenters. The van der Waals surface area contributed by atoms with E-state index in [1.807, 2.05) is 25.1 Å². The molecule has 0 aliphatic rings. The van der Waals surface area contributed by atoms with Gasteiger partial charge in [0.25, 0.3) is 0 Å². The Morgan fingerprint density at radius 1 is 1.21 bits per heavy atom. The number of nitrogens with zero attached hydrogens (tertiary/aromatic N) is 3. The molecule has 0 fully saturated rings. The number of aryl methyl sites for hydroxylation is 1. The number of hydrogen-bond acceptors (Lipinski definition) is 5. The van der Waals surface area contributed by atoms with E-state index in [0.29, 0.717) is 23.7 Å². The van der Waals surface area contributed by atoms with Gasteiger partial charge in [0.2, 0.25) is 0 Å². The monoisotopic (exact) mass is 263 g/mol. The third-order valence-electron chi connectivity index (χ3n) is 2.91. The van der Waals surface area contributed by atoms with Crippen LogP contribution in [0.4, 0.5) is 0 Å². The quantitative estimate of drug-likeness (QED) is 0.884. The molecular weight excluding hydrogens is 246 g/mol. The van der Waals surface area contributed by atoms with Crippen molar-refractivity contribution < 1.29 is 14.6 Å². The first-order valence-electron chi connectivity index (χ1n) is 6.00. The summed E-state index contributed by atoms with van der Waals surface area (Å²) in [6.07, 6.45) is 0. The molecule has 6 heteroatoms. The van der Waals surface area contributed by atoms with Crippen molar-refractivity contribution in [1.29, 1.82) is 0 Å². The average Bonchev–Trinajstić information content (AvgIpc) is 2.89. The lowest BCUT2D eigenvalue weighted by atomic mass is 10.1. The van der Waals surface area contributed by atoms with Gasteiger partial charge in [-0.05, 0) is 25.1 Å². The summed E-state index contributed by atoms with van der Waals surface area (Å²) in [5.41, 5.74) is 2.23. The van der Waals surface area contributed by atoms with E-state index in [2.05, 4.69) is 10.3 Å². The van der Waals surface area contributed by atoms with Crippen molar-refractivity contribution in [3.05, 3.63) is 23.9 Å². The number of hydrogen-bond donors (Lipinski definition) is 1. The highest BCUT2D eigenvalue weighted by molar-refractivity contribution is 5.66. The second-order valence-electron chi connectivity index (χ2n) is 3.93. The number of aliphatic hydroxyl groups excluding tert-OH is 1. The molecule has 6 nitrogen and oxygen atoms in total. The molecule has 0 spiro atoms. The van der Waals surface area contributed by atoms with Crippen LogP contribution in [0.25, 0.3) is 11.3 Å². The Morgan fingerprint density at radius 3 is 2.53 bits per heavy atom. The van der Waals surface area contributed by atoms with Crippen LogP contribution in [0.5, 0.6) is 11.5 Å². The summed E-state index contributed by atoms with van der Waals surface area (Å²) >= 11 is 0. The number of rotatable bonds is 5. The molecule has 0 unspecified atom stereocenters. The van der Waals surface area contributed by atoms with Gasteiger partial charge in [-0.1, -0.05) is 5.21 Å². The second kappa shape index (κ2) is 5.71. The van der Waals surface area contributed by atoms with E-state index in [1.54, 1.807) is 18.9 Å². The number of aromatic nitrogens is 3. The van der Waals surface area contributed by atoms with Gasteiger partial charge in [-0.25, -0.2) is 4.68 Å². The molecule has 0 bridgehead atoms. The van der Waals surface area contributed by atoms with Gasteiger partial charge in [0, 0.05) is 12.1 Å². The number of ether oxygens (including phenoxy) is 2. The van der Waals surface area contributed by atoms with E-state index in [4.69, 9.17) is 9.47 Å². The SMILES string of the molecule is CCn1nnc(CO)c1-c1ccc(OC)c(OC)c1. The Bertz CT molecular complexity index is 545. The highest BCUT2D eigenvalue weighted by Gasteiger charge is 2.15. The predicted octanol–water partition coefficient (Wildman–Crippen LogP) is 1.47. The molecule has 0 radical (unpaired) electrons. The fourth-order valence-electron chi connectivity index (χ4n) is 1.98. The summed E-state index contributed by atoms with van der Waals surface area (Å²) in [6, 6.07) is 5.57. The molecule has 19 heavy (non-hydrogen) atoms. The zero-order chi connectivity index (χ0) is 13.8. The second-order valence-corrected chi connectivity index (χ2v) is 3.93. The zero-order valence-corrected chi connectivity index (χ0v) is 11.3. The summed E-state index contributed by atoms with van der Waals surface area (Å²) in [6.45, 7) is 2.50. The molecule has 1 N–H and O–H groups in total. The minimum atomic E-state index is -0.149. The summed E-state index contributed by atoms with van der Waals surface area (Å²) in [5.74, 6) is 1.29. The number of benzene rings is 1. The van der Waals surface area contributed by atoms with E-state index in [-0.39, 0.29) is 6.61 Å². The van der Waals surface area contributed by atoms with Gasteiger partial charge < -0.3 is 14.6 Å². The van der Waals surface area contributed by atoms with Gasteiger partial charge in [0.1, 0.15) is 5.69 Å². The lowest BCUT2D eigenvalue weighted by molar-refractivity contribution is 0.277. The predicted molar refractivity (Wildman–Crippen MR) is 70.2 cm³/mol. The molecule has 2 rings (SSSR count). The van der Waals surface area contributed by atoms with E-state index in [0.717, 1.165) is 11.3 Å². The van der Waals surface area contributed by atoms with Crippen molar-refractivity contribution >= 4 is 0 Å². The van der Waals surface area contributed by atoms with Crippen molar-refractivity contribution in [2.75, 3.05) is 14.2 Å². The Hall–Kier alpha value is -2.08. The summed E-state index contributed by atoms with van der Waals surface area (Å²) in [7, 11) is 3.18. The molecule has 102 valence electrons.